The van der Waals surface area contributed by atoms with Gasteiger partial charge in [-0.3, -0.25) is 0 Å². The first-order valence-electron chi connectivity index (χ1n) is 13.1. The van der Waals surface area contributed by atoms with Crippen LogP contribution in [-0.4, -0.2) is 0 Å². The average molecular weight is 509 g/mol. The van der Waals surface area contributed by atoms with Gasteiger partial charge in [-0.2, -0.15) is 10.5 Å². The van der Waals surface area contributed by atoms with Crippen molar-refractivity contribution in [3.05, 3.63) is 157 Å². The van der Waals surface area contributed by atoms with Crippen molar-refractivity contribution in [1.82, 2.24) is 0 Å². The summed E-state index contributed by atoms with van der Waals surface area (Å²) >= 11 is 0. The minimum absolute atomic E-state index is 0.662. The molecule has 40 heavy (non-hydrogen) atoms. The molecule has 0 bridgehead atoms. The smallest absolute Gasteiger partial charge is 0.0998 e. The average Bonchev–Trinajstić information content (AvgIpc) is 3.05. The molecule has 0 aliphatic carbocycles. The molecular formula is C38H24N2. The molecule has 0 saturated carbocycles. The van der Waals surface area contributed by atoms with E-state index in [1.54, 1.807) is 0 Å². The zero-order valence-electron chi connectivity index (χ0n) is 21.8. The molecule has 0 heterocycles. The summed E-state index contributed by atoms with van der Waals surface area (Å²) in [7, 11) is 0. The molecule has 0 aliphatic heterocycles. The summed E-state index contributed by atoms with van der Waals surface area (Å²) < 4.78 is 0. The Bertz CT molecular complexity index is 1890. The zero-order valence-corrected chi connectivity index (χ0v) is 21.8. The Kier molecular flexibility index (Phi) is 6.75. The third-order valence-electron chi connectivity index (χ3n) is 7.18. The highest BCUT2D eigenvalue weighted by molar-refractivity contribution is 5.80. The minimum atomic E-state index is 0.662. The lowest BCUT2D eigenvalue weighted by molar-refractivity contribution is 1.47. The molecule has 0 amide bonds. The summed E-state index contributed by atoms with van der Waals surface area (Å²) in [6.45, 7) is 0. The molecule has 0 N–H and O–H groups in total. The van der Waals surface area contributed by atoms with Crippen LogP contribution in [0.2, 0.25) is 0 Å². The van der Waals surface area contributed by atoms with Crippen LogP contribution in [0.1, 0.15) is 11.1 Å². The van der Waals surface area contributed by atoms with E-state index in [-0.39, 0.29) is 0 Å². The van der Waals surface area contributed by atoms with Gasteiger partial charge < -0.3 is 0 Å². The number of hydrogen-bond donors (Lipinski definition) is 0. The molecule has 186 valence electrons. The largest absolute Gasteiger partial charge is 0.192 e. The van der Waals surface area contributed by atoms with E-state index in [1.165, 1.54) is 0 Å². The lowest BCUT2D eigenvalue weighted by Crippen LogP contribution is -1.87. The van der Waals surface area contributed by atoms with Crippen molar-refractivity contribution in [2.24, 2.45) is 0 Å². The molecule has 0 radical (unpaired) electrons. The molecule has 0 atom stereocenters. The summed E-state index contributed by atoms with van der Waals surface area (Å²) in [4.78, 5) is 0. The normalized spacial score (nSPS) is 10.4. The first-order valence-corrected chi connectivity index (χ1v) is 13.1. The van der Waals surface area contributed by atoms with Gasteiger partial charge in [-0.15, -0.1) is 0 Å². The van der Waals surface area contributed by atoms with Crippen LogP contribution in [0.5, 0.6) is 0 Å². The Labute approximate surface area is 234 Å². The van der Waals surface area contributed by atoms with E-state index in [9.17, 15) is 5.26 Å². The number of rotatable bonds is 5. The van der Waals surface area contributed by atoms with E-state index in [2.05, 4.69) is 91.0 Å². The van der Waals surface area contributed by atoms with Crippen molar-refractivity contribution < 1.29 is 0 Å². The second-order valence-corrected chi connectivity index (χ2v) is 9.67. The fraction of sp³-hybridized carbons (Fsp3) is 0. The third-order valence-corrected chi connectivity index (χ3v) is 7.18. The van der Waals surface area contributed by atoms with Crippen LogP contribution in [0.15, 0.2) is 146 Å². The van der Waals surface area contributed by atoms with Gasteiger partial charge in [-0.25, -0.2) is 0 Å². The van der Waals surface area contributed by atoms with Crippen molar-refractivity contribution in [3.63, 3.8) is 0 Å². The van der Waals surface area contributed by atoms with Gasteiger partial charge in [0.1, 0.15) is 0 Å². The molecule has 2 heteroatoms. The van der Waals surface area contributed by atoms with Gasteiger partial charge in [-0.1, -0.05) is 109 Å². The van der Waals surface area contributed by atoms with Crippen molar-refractivity contribution in [1.29, 1.82) is 10.5 Å². The van der Waals surface area contributed by atoms with Gasteiger partial charge in [0.15, 0.2) is 0 Å². The van der Waals surface area contributed by atoms with Crippen molar-refractivity contribution in [2.75, 3.05) is 0 Å². The number of benzene rings is 6. The summed E-state index contributed by atoms with van der Waals surface area (Å²) in [6.07, 6.45) is 0. The summed E-state index contributed by atoms with van der Waals surface area (Å²) in [5.74, 6) is 0. The van der Waals surface area contributed by atoms with E-state index < -0.39 is 0 Å². The number of nitrogens with zero attached hydrogens (tertiary/aromatic N) is 2. The SMILES string of the molecule is N#Cc1ccc(-c2cccc(-c3cccc(-c4ccc(-c5ccc(C#N)c(-c6ccccc6)c5)cc4)c3)c2)cc1. The topological polar surface area (TPSA) is 47.6 Å². The second-order valence-electron chi connectivity index (χ2n) is 9.67. The van der Waals surface area contributed by atoms with E-state index in [1.807, 2.05) is 66.7 Å². The fourth-order valence-corrected chi connectivity index (χ4v) is 5.03. The van der Waals surface area contributed by atoms with Crippen LogP contribution in [-0.2, 0) is 0 Å². The summed E-state index contributed by atoms with van der Waals surface area (Å²) in [5.41, 5.74) is 12.3. The molecule has 0 aromatic heterocycles. The predicted molar refractivity (Wildman–Crippen MR) is 163 cm³/mol. The van der Waals surface area contributed by atoms with Gasteiger partial charge in [0, 0.05) is 5.56 Å². The van der Waals surface area contributed by atoms with Gasteiger partial charge in [-0.05, 0) is 86.5 Å². The molecular weight excluding hydrogens is 484 g/mol. The molecule has 0 aliphatic rings. The highest BCUT2D eigenvalue weighted by Crippen LogP contribution is 2.33. The minimum Gasteiger partial charge on any atom is -0.192 e. The predicted octanol–water partition coefficient (Wildman–Crippen LogP) is 9.76. The Hall–Kier alpha value is -5.70. The lowest BCUT2D eigenvalue weighted by atomic mass is 9.93. The molecule has 0 spiro atoms. The quantitative estimate of drug-likeness (QED) is 0.233. The first-order chi connectivity index (χ1) is 19.7. The van der Waals surface area contributed by atoms with E-state index >= 15 is 0 Å². The fourth-order valence-electron chi connectivity index (χ4n) is 5.03. The molecule has 2 nitrogen and oxygen atoms in total. The van der Waals surface area contributed by atoms with Crippen LogP contribution in [0.4, 0.5) is 0 Å². The zero-order chi connectivity index (χ0) is 27.3. The standard InChI is InChI=1S/C38H24N2/c39-25-27-12-14-28(15-13-27)32-8-4-10-34(22-32)35-11-5-9-33(23-35)29-16-18-30(19-17-29)36-20-21-37(26-40)38(24-36)31-6-2-1-3-7-31/h1-24H. The monoisotopic (exact) mass is 508 g/mol. The Morgan fingerprint density at radius 3 is 1.25 bits per heavy atom. The molecule has 6 rings (SSSR count). The van der Waals surface area contributed by atoms with E-state index in [4.69, 9.17) is 5.26 Å². The molecule has 0 saturated heterocycles. The maximum absolute atomic E-state index is 9.64. The van der Waals surface area contributed by atoms with Crippen molar-refractivity contribution in [2.45, 2.75) is 0 Å². The summed E-state index contributed by atoms with van der Waals surface area (Å²) in [5, 5.41) is 18.7. The highest BCUT2D eigenvalue weighted by Gasteiger charge is 2.09. The number of hydrogen-bond acceptors (Lipinski definition) is 2. The maximum atomic E-state index is 9.64. The van der Waals surface area contributed by atoms with Crippen LogP contribution < -0.4 is 0 Å². The number of nitriles is 2. The van der Waals surface area contributed by atoms with Crippen LogP contribution in [0.3, 0.4) is 0 Å². The van der Waals surface area contributed by atoms with E-state index in [0.717, 1.165) is 55.6 Å². The Morgan fingerprint density at radius 1 is 0.325 bits per heavy atom. The van der Waals surface area contributed by atoms with E-state index in [0.29, 0.717) is 11.1 Å². The second kappa shape index (κ2) is 11.0. The molecule has 0 unspecified atom stereocenters. The Balaban J connectivity index is 1.29. The van der Waals surface area contributed by atoms with Crippen LogP contribution in [0.25, 0.3) is 55.6 Å². The lowest BCUT2D eigenvalue weighted by Gasteiger charge is -2.11. The Morgan fingerprint density at radius 2 is 0.750 bits per heavy atom. The van der Waals surface area contributed by atoms with Crippen molar-refractivity contribution >= 4 is 0 Å². The molecule has 6 aromatic carbocycles. The third kappa shape index (κ3) is 5.03. The van der Waals surface area contributed by atoms with Gasteiger partial charge in [0.25, 0.3) is 0 Å². The van der Waals surface area contributed by atoms with Gasteiger partial charge in [0.05, 0.1) is 23.3 Å². The van der Waals surface area contributed by atoms with Gasteiger partial charge >= 0.3 is 0 Å². The van der Waals surface area contributed by atoms with Crippen LogP contribution in [0, 0.1) is 22.7 Å². The van der Waals surface area contributed by atoms with Crippen molar-refractivity contribution in [3.8, 4) is 67.8 Å². The first kappa shape index (κ1) is 24.6. The highest BCUT2D eigenvalue weighted by atomic mass is 14.2. The molecule has 0 fully saturated rings. The van der Waals surface area contributed by atoms with Gasteiger partial charge in [0.2, 0.25) is 0 Å². The van der Waals surface area contributed by atoms with Crippen LogP contribution >= 0.6 is 0 Å². The summed E-state index contributed by atoms with van der Waals surface area (Å²) in [6, 6.07) is 54.0. The molecule has 6 aromatic rings. The maximum Gasteiger partial charge on any atom is 0.0998 e.